The summed E-state index contributed by atoms with van der Waals surface area (Å²) >= 11 is 0. The molecule has 0 aliphatic rings. The highest BCUT2D eigenvalue weighted by Gasteiger charge is 2.02. The second kappa shape index (κ2) is 5.04. The molecule has 1 heteroatoms. The fourth-order valence-electron chi connectivity index (χ4n) is 1.31. The topological polar surface area (TPSA) is 9.23 Å². The molecule has 0 aromatic heterocycles. The van der Waals surface area contributed by atoms with Crippen LogP contribution in [0.25, 0.3) is 0 Å². The van der Waals surface area contributed by atoms with Crippen molar-refractivity contribution in [1.82, 2.24) is 0 Å². The maximum atomic E-state index is 5.74. The molecule has 78 valence electrons. The van der Waals surface area contributed by atoms with Gasteiger partial charge in [0.2, 0.25) is 0 Å². The Hall–Kier alpha value is -0.980. The lowest BCUT2D eigenvalue weighted by Gasteiger charge is -2.13. The van der Waals surface area contributed by atoms with E-state index in [-0.39, 0.29) is 0 Å². The van der Waals surface area contributed by atoms with Crippen molar-refractivity contribution in [3.63, 3.8) is 0 Å². The summed E-state index contributed by atoms with van der Waals surface area (Å²) in [5, 5.41) is 0. The zero-order chi connectivity index (χ0) is 10.6. The number of hydrogen-bond acceptors (Lipinski definition) is 1. The van der Waals surface area contributed by atoms with Crippen molar-refractivity contribution in [2.75, 3.05) is 6.61 Å². The standard InChI is InChI=1S/C13H20O/c1-5-10(2)9-14-13-7-6-11(3)8-12(13)4/h6-8,10H,5,9H2,1-4H3. The fourth-order valence-corrected chi connectivity index (χ4v) is 1.31. The molecule has 1 nitrogen and oxygen atoms in total. The Morgan fingerprint density at radius 1 is 1.29 bits per heavy atom. The van der Waals surface area contributed by atoms with E-state index in [9.17, 15) is 0 Å². The second-order valence-electron chi connectivity index (χ2n) is 4.09. The first-order valence-corrected chi connectivity index (χ1v) is 5.33. The normalized spacial score (nSPS) is 12.6. The van der Waals surface area contributed by atoms with Crippen molar-refractivity contribution in [3.8, 4) is 5.75 Å². The Morgan fingerprint density at radius 2 is 2.00 bits per heavy atom. The minimum absolute atomic E-state index is 0.635. The third-order valence-electron chi connectivity index (χ3n) is 2.55. The Balaban J connectivity index is 2.59. The number of benzene rings is 1. The van der Waals surface area contributed by atoms with Gasteiger partial charge in [0.05, 0.1) is 6.61 Å². The molecule has 1 unspecified atom stereocenters. The Kier molecular flexibility index (Phi) is 3.99. The maximum absolute atomic E-state index is 5.74. The number of rotatable bonds is 4. The van der Waals surface area contributed by atoms with Crippen molar-refractivity contribution >= 4 is 0 Å². The van der Waals surface area contributed by atoms with Crippen LogP contribution in [0.1, 0.15) is 31.4 Å². The molecule has 0 spiro atoms. The van der Waals surface area contributed by atoms with E-state index in [0.29, 0.717) is 5.92 Å². The molecule has 0 saturated heterocycles. The van der Waals surface area contributed by atoms with Gasteiger partial charge in [-0.3, -0.25) is 0 Å². The van der Waals surface area contributed by atoms with Crippen molar-refractivity contribution in [3.05, 3.63) is 29.3 Å². The van der Waals surface area contributed by atoms with E-state index in [2.05, 4.69) is 45.9 Å². The zero-order valence-corrected chi connectivity index (χ0v) is 9.63. The van der Waals surface area contributed by atoms with Gasteiger partial charge in [-0.05, 0) is 31.4 Å². The molecule has 0 heterocycles. The highest BCUT2D eigenvalue weighted by molar-refractivity contribution is 5.35. The van der Waals surface area contributed by atoms with E-state index >= 15 is 0 Å². The van der Waals surface area contributed by atoms with Crippen LogP contribution >= 0.6 is 0 Å². The highest BCUT2D eigenvalue weighted by atomic mass is 16.5. The van der Waals surface area contributed by atoms with Crippen LogP contribution in [0.2, 0.25) is 0 Å². The lowest BCUT2D eigenvalue weighted by molar-refractivity contribution is 0.255. The molecular formula is C13H20O. The predicted molar refractivity (Wildman–Crippen MR) is 60.9 cm³/mol. The lowest BCUT2D eigenvalue weighted by atomic mass is 10.1. The van der Waals surface area contributed by atoms with Gasteiger partial charge < -0.3 is 4.74 Å². The van der Waals surface area contributed by atoms with E-state index in [1.165, 1.54) is 17.5 Å². The fraction of sp³-hybridized carbons (Fsp3) is 0.538. The average Bonchev–Trinajstić information content (AvgIpc) is 2.16. The van der Waals surface area contributed by atoms with Gasteiger partial charge in [0.25, 0.3) is 0 Å². The van der Waals surface area contributed by atoms with E-state index < -0.39 is 0 Å². The molecule has 0 bridgehead atoms. The molecule has 0 radical (unpaired) electrons. The summed E-state index contributed by atoms with van der Waals surface area (Å²) in [6.45, 7) is 9.42. The Morgan fingerprint density at radius 3 is 2.57 bits per heavy atom. The Labute approximate surface area is 87.1 Å². The van der Waals surface area contributed by atoms with Gasteiger partial charge in [-0.2, -0.15) is 0 Å². The van der Waals surface area contributed by atoms with Crippen LogP contribution in [-0.4, -0.2) is 6.61 Å². The van der Waals surface area contributed by atoms with Gasteiger partial charge in [0.1, 0.15) is 5.75 Å². The zero-order valence-electron chi connectivity index (χ0n) is 9.63. The van der Waals surface area contributed by atoms with Crippen LogP contribution in [0.5, 0.6) is 5.75 Å². The van der Waals surface area contributed by atoms with Gasteiger partial charge in [-0.25, -0.2) is 0 Å². The smallest absolute Gasteiger partial charge is 0.122 e. The molecule has 0 aliphatic heterocycles. The quantitative estimate of drug-likeness (QED) is 0.706. The highest BCUT2D eigenvalue weighted by Crippen LogP contribution is 2.19. The minimum atomic E-state index is 0.635. The Bertz CT molecular complexity index is 291. The SMILES string of the molecule is CCC(C)COc1ccc(C)cc1C. The summed E-state index contributed by atoms with van der Waals surface area (Å²) in [4.78, 5) is 0. The first-order chi connectivity index (χ1) is 6.63. The predicted octanol–water partition coefficient (Wildman–Crippen LogP) is 3.73. The number of hydrogen-bond donors (Lipinski definition) is 0. The number of ether oxygens (including phenoxy) is 1. The van der Waals surface area contributed by atoms with Gasteiger partial charge in [0.15, 0.2) is 0 Å². The molecule has 0 aliphatic carbocycles. The molecule has 0 amide bonds. The van der Waals surface area contributed by atoms with Crippen molar-refractivity contribution in [1.29, 1.82) is 0 Å². The molecule has 0 saturated carbocycles. The summed E-state index contributed by atoms with van der Waals surface area (Å²) in [5.41, 5.74) is 2.52. The summed E-state index contributed by atoms with van der Waals surface area (Å²) in [7, 11) is 0. The van der Waals surface area contributed by atoms with E-state index in [1.54, 1.807) is 0 Å². The van der Waals surface area contributed by atoms with Crippen LogP contribution in [0, 0.1) is 19.8 Å². The third kappa shape index (κ3) is 3.06. The first-order valence-electron chi connectivity index (χ1n) is 5.33. The maximum Gasteiger partial charge on any atom is 0.122 e. The largest absolute Gasteiger partial charge is 0.493 e. The molecule has 1 atom stereocenters. The van der Waals surface area contributed by atoms with Crippen LogP contribution in [0.15, 0.2) is 18.2 Å². The molecule has 1 rings (SSSR count). The van der Waals surface area contributed by atoms with Gasteiger partial charge in [0, 0.05) is 0 Å². The lowest BCUT2D eigenvalue weighted by Crippen LogP contribution is -2.07. The molecule has 1 aromatic rings. The van der Waals surface area contributed by atoms with E-state index in [1.807, 2.05) is 0 Å². The second-order valence-corrected chi connectivity index (χ2v) is 4.09. The molecule has 1 aromatic carbocycles. The summed E-state index contributed by atoms with van der Waals surface area (Å²) in [6, 6.07) is 6.32. The first kappa shape index (κ1) is 11.1. The van der Waals surface area contributed by atoms with Gasteiger partial charge >= 0.3 is 0 Å². The van der Waals surface area contributed by atoms with Crippen LogP contribution in [0.4, 0.5) is 0 Å². The van der Waals surface area contributed by atoms with Crippen molar-refractivity contribution in [2.45, 2.75) is 34.1 Å². The minimum Gasteiger partial charge on any atom is -0.493 e. The monoisotopic (exact) mass is 192 g/mol. The molecular weight excluding hydrogens is 172 g/mol. The number of aryl methyl sites for hydroxylation is 2. The summed E-state index contributed by atoms with van der Waals surface area (Å²) < 4.78 is 5.74. The van der Waals surface area contributed by atoms with Crippen molar-refractivity contribution in [2.24, 2.45) is 5.92 Å². The van der Waals surface area contributed by atoms with Crippen LogP contribution in [0.3, 0.4) is 0 Å². The van der Waals surface area contributed by atoms with Crippen LogP contribution < -0.4 is 4.74 Å². The van der Waals surface area contributed by atoms with Crippen molar-refractivity contribution < 1.29 is 4.74 Å². The summed E-state index contributed by atoms with van der Waals surface area (Å²) in [5.74, 6) is 1.66. The average molecular weight is 192 g/mol. The summed E-state index contributed by atoms with van der Waals surface area (Å²) in [6.07, 6.45) is 1.17. The van der Waals surface area contributed by atoms with Gasteiger partial charge in [-0.1, -0.05) is 38.0 Å². The van der Waals surface area contributed by atoms with Crippen LogP contribution in [-0.2, 0) is 0 Å². The molecule has 0 N–H and O–H groups in total. The molecule has 0 fully saturated rings. The van der Waals surface area contributed by atoms with E-state index in [4.69, 9.17) is 4.74 Å². The molecule has 14 heavy (non-hydrogen) atoms. The third-order valence-corrected chi connectivity index (χ3v) is 2.55. The van der Waals surface area contributed by atoms with E-state index in [0.717, 1.165) is 12.4 Å². The van der Waals surface area contributed by atoms with Gasteiger partial charge in [-0.15, -0.1) is 0 Å².